The molecule has 0 aliphatic rings. The van der Waals surface area contributed by atoms with Crippen LogP contribution in [-0.4, -0.2) is 29.0 Å². The van der Waals surface area contributed by atoms with Crippen LogP contribution in [0.3, 0.4) is 0 Å². The van der Waals surface area contributed by atoms with Gasteiger partial charge in [-0.05, 0) is 6.07 Å². The maximum Gasteiger partial charge on any atom is 0.266 e. The van der Waals surface area contributed by atoms with Crippen LogP contribution in [0.25, 0.3) is 0 Å². The summed E-state index contributed by atoms with van der Waals surface area (Å²) in [6.07, 6.45) is 1.28. The third-order valence-corrected chi connectivity index (χ3v) is 1.62. The number of amides is 1. The SMILES string of the molecule is NC(=O)c1ccnn1C(CF)CF. The van der Waals surface area contributed by atoms with Crippen LogP contribution in [0, 0.1) is 0 Å². The molecule has 0 radical (unpaired) electrons. The Balaban J connectivity index is 2.98. The molecule has 1 aromatic heterocycles. The molecule has 1 amide bonds. The molecule has 2 N–H and O–H groups in total. The van der Waals surface area contributed by atoms with Crippen molar-refractivity contribution in [2.75, 3.05) is 13.3 Å². The van der Waals surface area contributed by atoms with Crippen molar-refractivity contribution >= 4 is 5.91 Å². The molecule has 72 valence electrons. The van der Waals surface area contributed by atoms with E-state index in [0.717, 1.165) is 4.68 Å². The number of carbonyl (C=O) groups is 1. The predicted octanol–water partition coefficient (Wildman–Crippen LogP) is 0.462. The van der Waals surface area contributed by atoms with E-state index in [1.54, 1.807) is 0 Å². The van der Waals surface area contributed by atoms with Gasteiger partial charge in [-0.3, -0.25) is 9.48 Å². The number of rotatable bonds is 4. The molecule has 0 saturated carbocycles. The van der Waals surface area contributed by atoms with Crippen molar-refractivity contribution < 1.29 is 13.6 Å². The minimum Gasteiger partial charge on any atom is -0.364 e. The number of alkyl halides is 2. The average molecular weight is 189 g/mol. The van der Waals surface area contributed by atoms with Crippen molar-refractivity contribution in [3.8, 4) is 0 Å². The van der Waals surface area contributed by atoms with Crippen LogP contribution in [0.5, 0.6) is 0 Å². The van der Waals surface area contributed by atoms with Crippen LogP contribution in [-0.2, 0) is 0 Å². The molecule has 0 bridgehead atoms. The molecule has 1 heterocycles. The summed E-state index contributed by atoms with van der Waals surface area (Å²) in [5.41, 5.74) is 4.98. The zero-order valence-electron chi connectivity index (χ0n) is 6.78. The lowest BCUT2D eigenvalue weighted by molar-refractivity contribution is 0.0984. The Morgan fingerprint density at radius 3 is 2.69 bits per heavy atom. The second kappa shape index (κ2) is 3.97. The van der Waals surface area contributed by atoms with Gasteiger partial charge in [0, 0.05) is 6.20 Å². The average Bonchev–Trinajstić information content (AvgIpc) is 2.55. The summed E-state index contributed by atoms with van der Waals surface area (Å²) in [6.45, 7) is -1.84. The molecule has 0 aliphatic carbocycles. The fourth-order valence-corrected chi connectivity index (χ4v) is 0.972. The van der Waals surface area contributed by atoms with Gasteiger partial charge < -0.3 is 5.73 Å². The highest BCUT2D eigenvalue weighted by Crippen LogP contribution is 2.10. The summed E-state index contributed by atoms with van der Waals surface area (Å²) in [5, 5.41) is 3.62. The Morgan fingerprint density at radius 2 is 2.23 bits per heavy atom. The van der Waals surface area contributed by atoms with Crippen LogP contribution in [0.4, 0.5) is 8.78 Å². The summed E-state index contributed by atoms with van der Waals surface area (Å²) in [4.78, 5) is 10.7. The van der Waals surface area contributed by atoms with Gasteiger partial charge in [-0.25, -0.2) is 8.78 Å². The van der Waals surface area contributed by atoms with E-state index in [4.69, 9.17) is 5.73 Å². The lowest BCUT2D eigenvalue weighted by Crippen LogP contribution is -2.23. The predicted molar refractivity (Wildman–Crippen MR) is 41.7 cm³/mol. The number of hydrogen-bond donors (Lipinski definition) is 1. The number of hydrogen-bond acceptors (Lipinski definition) is 2. The number of aromatic nitrogens is 2. The first-order valence-electron chi connectivity index (χ1n) is 3.66. The smallest absolute Gasteiger partial charge is 0.266 e. The van der Waals surface area contributed by atoms with Crippen molar-refractivity contribution in [2.45, 2.75) is 6.04 Å². The third-order valence-electron chi connectivity index (χ3n) is 1.62. The first kappa shape index (κ1) is 9.63. The highest BCUT2D eigenvalue weighted by molar-refractivity contribution is 5.90. The molecule has 0 unspecified atom stereocenters. The molecule has 0 aliphatic heterocycles. The summed E-state index contributed by atoms with van der Waals surface area (Å²) >= 11 is 0. The maximum absolute atomic E-state index is 12.2. The van der Waals surface area contributed by atoms with Gasteiger partial charge in [-0.1, -0.05) is 0 Å². The molecule has 0 spiro atoms. The van der Waals surface area contributed by atoms with E-state index in [0.29, 0.717) is 0 Å². The van der Waals surface area contributed by atoms with Gasteiger partial charge in [0.25, 0.3) is 5.91 Å². The molecule has 13 heavy (non-hydrogen) atoms. The van der Waals surface area contributed by atoms with Crippen LogP contribution in [0.1, 0.15) is 16.5 Å². The van der Waals surface area contributed by atoms with Crippen LogP contribution < -0.4 is 5.73 Å². The summed E-state index contributed by atoms with van der Waals surface area (Å²) < 4.78 is 25.4. The Labute approximate surface area is 73.3 Å². The molecule has 1 rings (SSSR count). The molecular formula is C7H9F2N3O. The molecule has 0 atom stereocenters. The van der Waals surface area contributed by atoms with Crippen molar-refractivity contribution in [2.24, 2.45) is 5.73 Å². The van der Waals surface area contributed by atoms with Gasteiger partial charge in [-0.15, -0.1) is 0 Å². The summed E-state index contributed by atoms with van der Waals surface area (Å²) in [6, 6.07) is 0.262. The van der Waals surface area contributed by atoms with E-state index in [-0.39, 0.29) is 5.69 Å². The van der Waals surface area contributed by atoms with Crippen LogP contribution in [0.15, 0.2) is 12.3 Å². The number of nitrogens with zero attached hydrogens (tertiary/aromatic N) is 2. The van der Waals surface area contributed by atoms with E-state index in [2.05, 4.69) is 5.10 Å². The van der Waals surface area contributed by atoms with E-state index < -0.39 is 25.3 Å². The van der Waals surface area contributed by atoms with Crippen molar-refractivity contribution in [1.82, 2.24) is 9.78 Å². The van der Waals surface area contributed by atoms with Gasteiger partial charge in [0.05, 0.1) is 0 Å². The topological polar surface area (TPSA) is 60.9 Å². The van der Waals surface area contributed by atoms with Gasteiger partial charge in [0.1, 0.15) is 25.1 Å². The molecule has 0 saturated heterocycles. The first-order valence-corrected chi connectivity index (χ1v) is 3.66. The number of nitrogens with two attached hydrogens (primary N) is 1. The summed E-state index contributed by atoms with van der Waals surface area (Å²) in [5.74, 6) is -0.746. The molecule has 0 fully saturated rings. The van der Waals surface area contributed by atoms with Gasteiger partial charge in [-0.2, -0.15) is 5.10 Å². The Hall–Kier alpha value is -1.46. The van der Waals surface area contributed by atoms with E-state index in [1.165, 1.54) is 12.3 Å². The first-order chi connectivity index (χ1) is 6.20. The minimum atomic E-state index is -1.06. The normalized spacial score (nSPS) is 10.7. The fourth-order valence-electron chi connectivity index (χ4n) is 0.972. The van der Waals surface area contributed by atoms with Gasteiger partial charge in [0.2, 0.25) is 0 Å². The monoisotopic (exact) mass is 189 g/mol. The van der Waals surface area contributed by atoms with Crippen molar-refractivity contribution in [1.29, 1.82) is 0 Å². The largest absolute Gasteiger partial charge is 0.364 e. The lowest BCUT2D eigenvalue weighted by Gasteiger charge is -2.11. The van der Waals surface area contributed by atoms with E-state index in [1.807, 2.05) is 0 Å². The maximum atomic E-state index is 12.2. The van der Waals surface area contributed by atoms with Crippen molar-refractivity contribution in [3.63, 3.8) is 0 Å². The zero-order valence-corrected chi connectivity index (χ0v) is 6.78. The highest BCUT2D eigenvalue weighted by Gasteiger charge is 2.17. The molecule has 1 aromatic rings. The van der Waals surface area contributed by atoms with E-state index >= 15 is 0 Å². The zero-order chi connectivity index (χ0) is 9.84. The third kappa shape index (κ3) is 1.82. The molecule has 6 heteroatoms. The number of carbonyl (C=O) groups excluding carboxylic acids is 1. The number of halogens is 2. The number of primary amides is 1. The van der Waals surface area contributed by atoms with Gasteiger partial charge >= 0.3 is 0 Å². The second-order valence-corrected chi connectivity index (χ2v) is 2.49. The van der Waals surface area contributed by atoms with Crippen LogP contribution >= 0.6 is 0 Å². The fraction of sp³-hybridized carbons (Fsp3) is 0.429. The summed E-state index contributed by atoms with van der Waals surface area (Å²) in [7, 11) is 0. The molecule has 4 nitrogen and oxygen atoms in total. The van der Waals surface area contributed by atoms with E-state index in [9.17, 15) is 13.6 Å². The second-order valence-electron chi connectivity index (χ2n) is 2.49. The lowest BCUT2D eigenvalue weighted by atomic mass is 10.3. The Kier molecular flexibility index (Phi) is 2.94. The highest BCUT2D eigenvalue weighted by atomic mass is 19.1. The molecule has 0 aromatic carbocycles. The van der Waals surface area contributed by atoms with Gasteiger partial charge in [0.15, 0.2) is 0 Å². The van der Waals surface area contributed by atoms with Crippen molar-refractivity contribution in [3.05, 3.63) is 18.0 Å². The Bertz CT molecular complexity index is 296. The quantitative estimate of drug-likeness (QED) is 0.748. The van der Waals surface area contributed by atoms with Crippen LogP contribution in [0.2, 0.25) is 0 Å². The molecular weight excluding hydrogens is 180 g/mol. The minimum absolute atomic E-state index is 0.0142. The standard InChI is InChI=1S/C7H9F2N3O/c8-3-5(4-9)12-6(7(10)13)1-2-11-12/h1-2,5H,3-4H2,(H2,10,13). The Morgan fingerprint density at radius 1 is 1.62 bits per heavy atom.